The molecular formula is C27H29ClN6O2. The number of carbonyl (C=O) groups is 1. The molecule has 36 heavy (non-hydrogen) atoms. The third kappa shape index (κ3) is 5.76. The van der Waals surface area contributed by atoms with Gasteiger partial charge in [0.1, 0.15) is 23.1 Å². The van der Waals surface area contributed by atoms with Crippen molar-refractivity contribution in [1.82, 2.24) is 20.6 Å². The predicted molar refractivity (Wildman–Crippen MR) is 140 cm³/mol. The Morgan fingerprint density at radius 1 is 1.14 bits per heavy atom. The highest BCUT2D eigenvalue weighted by atomic mass is 35.5. The van der Waals surface area contributed by atoms with Gasteiger partial charge < -0.3 is 21.1 Å². The molecule has 3 aromatic rings. The van der Waals surface area contributed by atoms with E-state index in [2.05, 4.69) is 54.4 Å². The molecule has 4 N–H and O–H groups in total. The van der Waals surface area contributed by atoms with Crippen LogP contribution in [0.4, 0.5) is 5.95 Å². The van der Waals surface area contributed by atoms with Gasteiger partial charge >= 0.3 is 0 Å². The van der Waals surface area contributed by atoms with Crippen LogP contribution in [0, 0.1) is 11.3 Å². The van der Waals surface area contributed by atoms with Crippen molar-refractivity contribution in [2.45, 2.75) is 57.7 Å². The number of rotatable bonds is 5. The number of hydrogen-bond acceptors (Lipinski definition) is 7. The topological polar surface area (TPSA) is 126 Å². The Hall–Kier alpha value is -3.67. The Balaban J connectivity index is 1.53. The average Bonchev–Trinajstić information content (AvgIpc) is 2.78. The third-order valence-electron chi connectivity index (χ3n) is 6.06. The summed E-state index contributed by atoms with van der Waals surface area (Å²) in [6.07, 6.45) is 4.74. The standard InChI is InChI=1S/C27H29ClN6O2/c1-26(2)11-18(12-27(3,4)34-26)33-24(35)16-8-9-23(21(28)10-16)36-22-7-5-6-19(20(22)13-29)17-14-31-25(30)32-15-17/h5-10,14-15,18,34H,11-12H2,1-4H3,(H,33,35)(H2,30,31,32). The van der Waals surface area contributed by atoms with Crippen molar-refractivity contribution in [3.63, 3.8) is 0 Å². The molecule has 0 unspecified atom stereocenters. The fourth-order valence-electron chi connectivity index (χ4n) is 4.99. The Labute approximate surface area is 215 Å². The number of carbonyl (C=O) groups excluding carboxylic acids is 1. The van der Waals surface area contributed by atoms with E-state index in [9.17, 15) is 10.1 Å². The van der Waals surface area contributed by atoms with Crippen molar-refractivity contribution < 1.29 is 9.53 Å². The summed E-state index contributed by atoms with van der Waals surface area (Å²) in [5, 5.41) is 16.9. The molecule has 1 aliphatic heterocycles. The highest BCUT2D eigenvalue weighted by Crippen LogP contribution is 2.36. The van der Waals surface area contributed by atoms with Crippen molar-refractivity contribution >= 4 is 23.5 Å². The van der Waals surface area contributed by atoms with Gasteiger partial charge in [-0.1, -0.05) is 23.7 Å². The van der Waals surface area contributed by atoms with Gasteiger partial charge in [-0.25, -0.2) is 9.97 Å². The largest absolute Gasteiger partial charge is 0.454 e. The molecule has 0 radical (unpaired) electrons. The number of aromatic nitrogens is 2. The van der Waals surface area contributed by atoms with Crippen LogP contribution in [0.2, 0.25) is 5.02 Å². The summed E-state index contributed by atoms with van der Waals surface area (Å²) in [6, 6.07) is 12.3. The summed E-state index contributed by atoms with van der Waals surface area (Å²) in [5.74, 6) is 0.614. The van der Waals surface area contributed by atoms with Crippen LogP contribution in [-0.4, -0.2) is 33.0 Å². The van der Waals surface area contributed by atoms with Crippen molar-refractivity contribution in [2.75, 3.05) is 5.73 Å². The quantitative estimate of drug-likeness (QED) is 0.442. The molecular weight excluding hydrogens is 476 g/mol. The van der Waals surface area contributed by atoms with Gasteiger partial charge in [-0.3, -0.25) is 4.79 Å². The molecule has 1 amide bonds. The molecule has 1 aliphatic rings. The van der Waals surface area contributed by atoms with E-state index in [1.165, 1.54) is 0 Å². The number of benzene rings is 2. The molecule has 1 fully saturated rings. The van der Waals surface area contributed by atoms with E-state index in [1.807, 2.05) is 0 Å². The monoisotopic (exact) mass is 504 g/mol. The molecule has 0 bridgehead atoms. The van der Waals surface area contributed by atoms with Gasteiger partial charge in [0.2, 0.25) is 5.95 Å². The lowest BCUT2D eigenvalue weighted by Gasteiger charge is -2.46. The molecule has 0 aliphatic carbocycles. The van der Waals surface area contributed by atoms with Crippen molar-refractivity contribution in [2.24, 2.45) is 0 Å². The highest BCUT2D eigenvalue weighted by Gasteiger charge is 2.38. The number of nitrogens with two attached hydrogens (primary N) is 1. The number of halogens is 1. The molecule has 1 aromatic heterocycles. The molecule has 2 aromatic carbocycles. The summed E-state index contributed by atoms with van der Waals surface area (Å²) in [6.45, 7) is 8.56. The zero-order chi connectivity index (χ0) is 26.1. The lowest BCUT2D eigenvalue weighted by atomic mass is 9.79. The predicted octanol–water partition coefficient (Wildman–Crippen LogP) is 5.08. The summed E-state index contributed by atoms with van der Waals surface area (Å²) >= 11 is 6.49. The van der Waals surface area contributed by atoms with Crippen molar-refractivity contribution in [1.29, 1.82) is 5.26 Å². The van der Waals surface area contributed by atoms with Gasteiger partial charge in [0.15, 0.2) is 0 Å². The van der Waals surface area contributed by atoms with Gasteiger partial charge in [0.25, 0.3) is 5.91 Å². The number of amides is 1. The van der Waals surface area contributed by atoms with Crippen LogP contribution in [0.15, 0.2) is 48.8 Å². The van der Waals surface area contributed by atoms with Crippen LogP contribution < -0.4 is 21.1 Å². The number of nitrogens with one attached hydrogen (secondary N) is 2. The van der Waals surface area contributed by atoms with Gasteiger partial charge in [-0.05, 0) is 64.8 Å². The summed E-state index contributed by atoms with van der Waals surface area (Å²) in [4.78, 5) is 21.0. The van der Waals surface area contributed by atoms with Crippen molar-refractivity contribution in [3.05, 3.63) is 64.9 Å². The first-order chi connectivity index (χ1) is 17.0. The minimum absolute atomic E-state index is 0.0386. The number of piperidine rings is 1. The van der Waals surface area contributed by atoms with E-state index < -0.39 is 0 Å². The lowest BCUT2D eigenvalue weighted by molar-refractivity contribution is 0.0873. The van der Waals surface area contributed by atoms with Gasteiger partial charge in [-0.2, -0.15) is 5.26 Å². The minimum Gasteiger partial charge on any atom is -0.454 e. The van der Waals surface area contributed by atoms with Gasteiger partial charge in [0, 0.05) is 46.2 Å². The Bertz CT molecular complexity index is 1320. The molecule has 2 heterocycles. The molecule has 4 rings (SSSR count). The van der Waals surface area contributed by atoms with Crippen LogP contribution >= 0.6 is 11.6 Å². The van der Waals surface area contributed by atoms with E-state index in [-0.39, 0.29) is 34.0 Å². The fraction of sp³-hybridized carbons (Fsp3) is 0.333. The number of hydrogen-bond donors (Lipinski definition) is 3. The first-order valence-electron chi connectivity index (χ1n) is 11.6. The van der Waals surface area contributed by atoms with E-state index in [1.54, 1.807) is 48.8 Å². The summed E-state index contributed by atoms with van der Waals surface area (Å²) in [7, 11) is 0. The van der Waals surface area contributed by atoms with Crippen LogP contribution in [-0.2, 0) is 0 Å². The van der Waals surface area contributed by atoms with E-state index in [0.29, 0.717) is 33.8 Å². The van der Waals surface area contributed by atoms with E-state index in [0.717, 1.165) is 12.8 Å². The number of nitrogens with zero attached hydrogens (tertiary/aromatic N) is 3. The second-order valence-corrected chi connectivity index (χ2v) is 10.7. The van der Waals surface area contributed by atoms with Gasteiger partial charge in [-0.15, -0.1) is 0 Å². The van der Waals surface area contributed by atoms with Gasteiger partial charge in [0.05, 0.1) is 5.02 Å². The zero-order valence-electron chi connectivity index (χ0n) is 20.7. The first-order valence-corrected chi connectivity index (χ1v) is 12.0. The smallest absolute Gasteiger partial charge is 0.251 e. The maximum Gasteiger partial charge on any atom is 0.251 e. The average molecular weight is 505 g/mol. The highest BCUT2D eigenvalue weighted by molar-refractivity contribution is 6.32. The second-order valence-electron chi connectivity index (χ2n) is 10.3. The number of anilines is 1. The maximum atomic E-state index is 13.0. The molecule has 0 atom stereocenters. The molecule has 0 saturated carbocycles. The number of nitrogen functional groups attached to an aromatic ring is 1. The maximum absolute atomic E-state index is 13.0. The molecule has 0 spiro atoms. The Morgan fingerprint density at radius 3 is 2.42 bits per heavy atom. The van der Waals surface area contributed by atoms with Crippen LogP contribution in [0.25, 0.3) is 11.1 Å². The zero-order valence-corrected chi connectivity index (χ0v) is 21.5. The first kappa shape index (κ1) is 25.4. The lowest BCUT2D eigenvalue weighted by Crippen LogP contribution is -2.62. The summed E-state index contributed by atoms with van der Waals surface area (Å²) < 4.78 is 6.00. The third-order valence-corrected chi connectivity index (χ3v) is 6.36. The van der Waals surface area contributed by atoms with Crippen LogP contribution in [0.1, 0.15) is 56.5 Å². The Kier molecular flexibility index (Phi) is 6.90. The van der Waals surface area contributed by atoms with Crippen LogP contribution in [0.3, 0.4) is 0 Å². The molecule has 186 valence electrons. The minimum atomic E-state index is -0.190. The SMILES string of the molecule is CC1(C)CC(NC(=O)c2ccc(Oc3cccc(-c4cnc(N)nc4)c3C#N)c(Cl)c2)CC(C)(C)N1. The van der Waals surface area contributed by atoms with E-state index in [4.69, 9.17) is 22.1 Å². The fourth-order valence-corrected chi connectivity index (χ4v) is 5.20. The molecule has 1 saturated heterocycles. The molecule has 9 heteroatoms. The van der Waals surface area contributed by atoms with E-state index >= 15 is 0 Å². The number of nitriles is 1. The second kappa shape index (κ2) is 9.76. The normalized spacial score (nSPS) is 16.7. The number of ether oxygens (including phenoxy) is 1. The van der Waals surface area contributed by atoms with Crippen LogP contribution in [0.5, 0.6) is 11.5 Å². The van der Waals surface area contributed by atoms with Crippen molar-refractivity contribution in [3.8, 4) is 28.7 Å². The Morgan fingerprint density at radius 2 is 1.81 bits per heavy atom. The summed E-state index contributed by atoms with van der Waals surface area (Å²) in [5.41, 5.74) is 7.39. The molecule has 8 nitrogen and oxygen atoms in total.